The summed E-state index contributed by atoms with van der Waals surface area (Å²) < 4.78 is 4.03. The van der Waals surface area contributed by atoms with Crippen LogP contribution in [0.5, 0.6) is 0 Å². The number of oxime groups is 1. The number of nitrogens with two attached hydrogens (primary N) is 1. The van der Waals surface area contributed by atoms with Crippen molar-refractivity contribution >= 4 is 74.3 Å². The number of carboxylic acid groups (broad SMARTS) is 1. The molecule has 4 aromatic heterocycles. The average Bonchev–Trinajstić information content (AvgIpc) is 3.76. The maximum absolute atomic E-state index is 13.3. The molecule has 6 heterocycles. The van der Waals surface area contributed by atoms with Crippen molar-refractivity contribution < 1.29 is 28.9 Å². The minimum absolute atomic E-state index is 0.155. The molecule has 2 aliphatic rings. The van der Waals surface area contributed by atoms with Gasteiger partial charge in [-0.3, -0.25) is 24.9 Å². The number of fused-ring (bicyclic) bond motifs is 2. The van der Waals surface area contributed by atoms with Gasteiger partial charge in [-0.15, -0.1) is 23.1 Å². The van der Waals surface area contributed by atoms with Crippen molar-refractivity contribution in [3.8, 4) is 0 Å². The molecule has 1 fully saturated rings. The number of carboxylic acids is 1. The van der Waals surface area contributed by atoms with E-state index in [1.807, 2.05) is 59.4 Å². The van der Waals surface area contributed by atoms with Crippen LogP contribution in [0.4, 0.5) is 10.8 Å². The second kappa shape index (κ2) is 14.0. The topological polar surface area (TPSA) is 208 Å². The van der Waals surface area contributed by atoms with Crippen molar-refractivity contribution in [2.75, 3.05) is 23.9 Å². The van der Waals surface area contributed by atoms with Gasteiger partial charge in [0.25, 0.3) is 11.8 Å². The quantitative estimate of drug-likeness (QED) is 0.0505. The standard InChI is InChI=1S/C34H30N10O5S2/c1-49-41-26(23-18-51-34(36)39-23)30(45)40-27-31(46)44-28(33(47)48)21(17-50-32(27)44)16-42-13-2-3-24-25(42)10-14-43(24)15-19-4-6-20(7-5-19)29(35)38-22-8-11-37-12-9-22/h2-14,18,27,32H,15-17H2,1H3,(H5-,35,36,37,38,39,40,45,47,48)/b41-26-/t27-,32-/m1/s1. The Hall–Kier alpha value is -6.07. The maximum atomic E-state index is 13.3. The van der Waals surface area contributed by atoms with E-state index >= 15 is 0 Å². The number of benzene rings is 1. The summed E-state index contributed by atoms with van der Waals surface area (Å²) in [6.07, 6.45) is 7.16. The lowest BCUT2D eigenvalue weighted by Crippen LogP contribution is -2.71. The number of aromatic nitrogens is 4. The molecule has 0 radical (unpaired) electrons. The zero-order valence-corrected chi connectivity index (χ0v) is 28.6. The molecule has 1 saturated heterocycles. The van der Waals surface area contributed by atoms with Crippen molar-refractivity contribution in [3.05, 3.63) is 113 Å². The van der Waals surface area contributed by atoms with Crippen LogP contribution in [0.1, 0.15) is 16.8 Å². The van der Waals surface area contributed by atoms with Crippen LogP contribution in [0.2, 0.25) is 0 Å². The highest BCUT2D eigenvalue weighted by Gasteiger charge is 2.53. The molecule has 0 aliphatic carbocycles. The molecular formula is C34H30N10O5S2. The molecule has 51 heavy (non-hydrogen) atoms. The van der Waals surface area contributed by atoms with Crippen LogP contribution in [0.25, 0.3) is 11.0 Å². The van der Waals surface area contributed by atoms with Gasteiger partial charge in [-0.2, -0.15) is 4.57 Å². The normalized spacial score (nSPS) is 17.2. The molecule has 0 saturated carbocycles. The first-order chi connectivity index (χ1) is 24.7. The Morgan fingerprint density at radius 2 is 1.96 bits per heavy atom. The molecule has 17 heteroatoms. The van der Waals surface area contributed by atoms with E-state index in [0.29, 0.717) is 17.9 Å². The second-order valence-corrected chi connectivity index (χ2v) is 13.6. The van der Waals surface area contributed by atoms with Gasteiger partial charge in [0.05, 0.1) is 11.7 Å². The molecule has 5 aromatic rings. The average molecular weight is 723 g/mol. The van der Waals surface area contributed by atoms with E-state index in [2.05, 4.69) is 30.3 Å². The lowest BCUT2D eigenvalue weighted by atomic mass is 10.0. The number of pyridine rings is 2. The number of anilines is 2. The zero-order valence-electron chi connectivity index (χ0n) is 27.0. The molecule has 2 aliphatic heterocycles. The van der Waals surface area contributed by atoms with Gasteiger partial charge >= 0.3 is 0 Å². The number of carbonyl (C=O) groups is 3. The fourth-order valence-electron chi connectivity index (χ4n) is 6.02. The third-order valence-electron chi connectivity index (χ3n) is 8.41. The van der Waals surface area contributed by atoms with E-state index in [0.717, 1.165) is 39.2 Å². The first kappa shape index (κ1) is 33.4. The third kappa shape index (κ3) is 6.63. The van der Waals surface area contributed by atoms with Gasteiger partial charge in [0.2, 0.25) is 5.52 Å². The van der Waals surface area contributed by atoms with Crippen molar-refractivity contribution in [1.29, 1.82) is 5.41 Å². The predicted molar refractivity (Wildman–Crippen MR) is 189 cm³/mol. The maximum Gasteiger partial charge on any atom is 0.276 e. The number of hydrogen-bond donors (Lipinski definition) is 4. The zero-order chi connectivity index (χ0) is 35.6. The van der Waals surface area contributed by atoms with E-state index in [4.69, 9.17) is 16.0 Å². The number of thioether (sulfide) groups is 1. The number of amides is 2. The lowest BCUT2D eigenvalue weighted by Gasteiger charge is -2.50. The summed E-state index contributed by atoms with van der Waals surface area (Å²) in [7, 11) is 1.28. The van der Waals surface area contributed by atoms with Gasteiger partial charge in [0.15, 0.2) is 23.6 Å². The fraction of sp³-hybridized carbons (Fsp3) is 0.176. The van der Waals surface area contributed by atoms with E-state index in [-0.39, 0.29) is 34.6 Å². The molecule has 2 atom stereocenters. The Morgan fingerprint density at radius 3 is 2.67 bits per heavy atom. The Morgan fingerprint density at radius 1 is 1.18 bits per heavy atom. The smallest absolute Gasteiger partial charge is 0.276 e. The summed E-state index contributed by atoms with van der Waals surface area (Å²) in [6, 6.07) is 16.2. The van der Waals surface area contributed by atoms with Gasteiger partial charge < -0.3 is 35.7 Å². The molecule has 5 N–H and O–H groups in total. The predicted octanol–water partition coefficient (Wildman–Crippen LogP) is 1.30. The fourth-order valence-corrected chi connectivity index (χ4v) is 7.90. The number of carbonyl (C=O) groups excluding carboxylic acids is 3. The molecule has 258 valence electrons. The van der Waals surface area contributed by atoms with E-state index in [9.17, 15) is 19.5 Å². The van der Waals surface area contributed by atoms with E-state index < -0.39 is 29.2 Å². The number of β-lactam (4-membered cyclic amide) rings is 1. The summed E-state index contributed by atoms with van der Waals surface area (Å²) in [5, 5.41) is 31.5. The molecule has 1 aromatic carbocycles. The largest absolute Gasteiger partial charge is 0.543 e. The Balaban J connectivity index is 1.06. The minimum Gasteiger partial charge on any atom is -0.543 e. The number of aliphatic carboxylic acids is 1. The Bertz CT molecular complexity index is 2230. The van der Waals surface area contributed by atoms with Crippen LogP contribution in [0.3, 0.4) is 0 Å². The van der Waals surface area contributed by atoms with E-state index in [1.165, 1.54) is 23.8 Å². The van der Waals surface area contributed by atoms with Crippen molar-refractivity contribution in [1.82, 2.24) is 24.8 Å². The monoisotopic (exact) mass is 722 g/mol. The SMILES string of the molecule is CO/N=C(\C(=O)N[C@@H]1C(=O)N2C(C(=O)[O-])=C(C[n+]3cccc4c3ccn4Cc3ccc(C(=N)Nc4ccncc4)cc3)CS[C@H]12)c1csc(N)n1. The first-order valence-electron chi connectivity index (χ1n) is 15.6. The van der Waals surface area contributed by atoms with Crippen LogP contribution in [-0.4, -0.2) is 73.0 Å². The highest BCUT2D eigenvalue weighted by molar-refractivity contribution is 8.00. The van der Waals surface area contributed by atoms with E-state index in [1.54, 1.807) is 29.9 Å². The van der Waals surface area contributed by atoms with Crippen molar-refractivity contribution in [2.24, 2.45) is 5.16 Å². The molecule has 2 amide bonds. The molecule has 0 unspecified atom stereocenters. The van der Waals surface area contributed by atoms with Crippen LogP contribution in [0, 0.1) is 5.41 Å². The number of nitrogens with one attached hydrogen (secondary N) is 3. The number of rotatable bonds is 11. The highest BCUT2D eigenvalue weighted by Crippen LogP contribution is 2.40. The molecular weight excluding hydrogens is 693 g/mol. The van der Waals surface area contributed by atoms with Crippen LogP contribution in [0.15, 0.2) is 101 Å². The second-order valence-electron chi connectivity index (χ2n) is 11.6. The summed E-state index contributed by atoms with van der Waals surface area (Å²) in [5.41, 5.74) is 10.4. The highest BCUT2D eigenvalue weighted by atomic mass is 32.2. The van der Waals surface area contributed by atoms with Gasteiger partial charge in [-0.25, -0.2) is 4.98 Å². The van der Waals surface area contributed by atoms with Gasteiger partial charge in [-0.1, -0.05) is 29.4 Å². The summed E-state index contributed by atoms with van der Waals surface area (Å²) in [5.74, 6) is -2.17. The van der Waals surface area contributed by atoms with Gasteiger partial charge in [-0.05, 0) is 23.8 Å². The van der Waals surface area contributed by atoms with Crippen LogP contribution < -0.4 is 26.0 Å². The number of thiazole rings is 1. The number of nitrogens with zero attached hydrogens (tertiary/aromatic N) is 6. The molecule has 15 nitrogen and oxygen atoms in total. The summed E-state index contributed by atoms with van der Waals surface area (Å²) >= 11 is 2.47. The lowest BCUT2D eigenvalue weighted by molar-refractivity contribution is -0.663. The first-order valence-corrected chi connectivity index (χ1v) is 17.5. The molecule has 0 spiro atoms. The third-order valence-corrected chi connectivity index (χ3v) is 10.4. The molecule has 7 rings (SSSR count). The Kier molecular flexibility index (Phi) is 9.20. The number of hydrogen-bond acceptors (Lipinski definition) is 12. The van der Waals surface area contributed by atoms with Crippen molar-refractivity contribution in [3.63, 3.8) is 0 Å². The van der Waals surface area contributed by atoms with Gasteiger partial charge in [0, 0.05) is 65.2 Å². The summed E-state index contributed by atoms with van der Waals surface area (Å²) in [6.45, 7) is 0.786. The summed E-state index contributed by atoms with van der Waals surface area (Å²) in [4.78, 5) is 53.0. The minimum atomic E-state index is -1.47. The van der Waals surface area contributed by atoms with Crippen molar-refractivity contribution in [2.45, 2.75) is 24.5 Å². The number of nitrogen functional groups attached to an aromatic ring is 1. The Labute approximate surface area is 299 Å². The number of amidine groups is 1. The van der Waals surface area contributed by atoms with Crippen LogP contribution in [-0.2, 0) is 32.3 Å². The molecule has 0 bridgehead atoms. The van der Waals surface area contributed by atoms with Crippen LogP contribution >= 0.6 is 23.1 Å². The van der Waals surface area contributed by atoms with Gasteiger partial charge in [0.1, 0.15) is 35.6 Å².